The first-order chi connectivity index (χ1) is 7.22. The van der Waals surface area contributed by atoms with E-state index in [0.29, 0.717) is 18.2 Å². The lowest BCUT2D eigenvalue weighted by Crippen LogP contribution is -2.21. The van der Waals surface area contributed by atoms with Crippen LogP contribution in [0.3, 0.4) is 0 Å². The zero-order chi connectivity index (χ0) is 10.8. The second kappa shape index (κ2) is 4.16. The van der Waals surface area contributed by atoms with Gasteiger partial charge in [-0.05, 0) is 38.1 Å². The van der Waals surface area contributed by atoms with E-state index in [1.54, 1.807) is 0 Å². The van der Waals surface area contributed by atoms with Gasteiger partial charge in [-0.1, -0.05) is 0 Å². The Morgan fingerprint density at radius 1 is 1.67 bits per heavy atom. The summed E-state index contributed by atoms with van der Waals surface area (Å²) in [4.78, 5) is 16.4. The van der Waals surface area contributed by atoms with Crippen LogP contribution in [-0.4, -0.2) is 23.5 Å². The lowest BCUT2D eigenvalue weighted by molar-refractivity contribution is 0.316. The van der Waals surface area contributed by atoms with Crippen molar-refractivity contribution < 1.29 is 0 Å². The predicted octanol–water partition coefficient (Wildman–Crippen LogP) is 0.600. The van der Waals surface area contributed by atoms with Crippen molar-refractivity contribution in [3.63, 3.8) is 0 Å². The van der Waals surface area contributed by atoms with Gasteiger partial charge in [0.05, 0.1) is 0 Å². The van der Waals surface area contributed by atoms with Crippen molar-refractivity contribution in [2.75, 3.05) is 13.6 Å². The molecule has 2 heterocycles. The summed E-state index contributed by atoms with van der Waals surface area (Å²) in [7, 11) is 2.12. The van der Waals surface area contributed by atoms with Crippen LogP contribution in [0, 0.1) is 0 Å². The number of nitrogens with two attached hydrogens (primary N) is 1. The molecule has 82 valence electrons. The van der Waals surface area contributed by atoms with Crippen LogP contribution in [0.4, 0.5) is 0 Å². The second-order valence-electron chi connectivity index (χ2n) is 4.13. The molecule has 0 spiro atoms. The maximum atomic E-state index is 11.3. The summed E-state index contributed by atoms with van der Waals surface area (Å²) in [6, 6.07) is 2.37. The van der Waals surface area contributed by atoms with Crippen LogP contribution in [0.5, 0.6) is 0 Å². The molecule has 0 aromatic carbocycles. The predicted molar refractivity (Wildman–Crippen MR) is 59.6 cm³/mol. The highest BCUT2D eigenvalue weighted by Gasteiger charge is 2.22. The lowest BCUT2D eigenvalue weighted by Gasteiger charge is -2.19. The Bertz CT molecular complexity index is 399. The van der Waals surface area contributed by atoms with E-state index in [1.807, 2.05) is 12.3 Å². The molecule has 4 nitrogen and oxygen atoms in total. The number of pyridine rings is 1. The van der Waals surface area contributed by atoms with E-state index >= 15 is 0 Å². The van der Waals surface area contributed by atoms with Crippen LogP contribution < -0.4 is 11.3 Å². The minimum atomic E-state index is -0.0677. The van der Waals surface area contributed by atoms with Crippen LogP contribution in [0.1, 0.15) is 30.0 Å². The summed E-state index contributed by atoms with van der Waals surface area (Å²) in [5.74, 6) is 0. The van der Waals surface area contributed by atoms with E-state index in [-0.39, 0.29) is 5.56 Å². The standard InChI is InChI=1S/C11H17N3O/c1-14-4-2-3-10(14)9-5-8(6-12)11(15)13-7-9/h5,7,10H,2-4,6,12H2,1H3,(H,13,15). The highest BCUT2D eigenvalue weighted by atomic mass is 16.1. The van der Waals surface area contributed by atoms with Gasteiger partial charge in [0, 0.05) is 24.3 Å². The highest BCUT2D eigenvalue weighted by molar-refractivity contribution is 5.22. The summed E-state index contributed by atoms with van der Waals surface area (Å²) in [5, 5.41) is 0. The molecular weight excluding hydrogens is 190 g/mol. The maximum absolute atomic E-state index is 11.3. The van der Waals surface area contributed by atoms with Crippen molar-refractivity contribution in [3.8, 4) is 0 Å². The molecule has 3 N–H and O–H groups in total. The Kier molecular flexibility index (Phi) is 2.88. The van der Waals surface area contributed by atoms with Crippen molar-refractivity contribution in [2.45, 2.75) is 25.4 Å². The van der Waals surface area contributed by atoms with Gasteiger partial charge < -0.3 is 10.7 Å². The van der Waals surface area contributed by atoms with Crippen molar-refractivity contribution in [1.82, 2.24) is 9.88 Å². The van der Waals surface area contributed by atoms with Crippen LogP contribution >= 0.6 is 0 Å². The molecule has 0 saturated carbocycles. The summed E-state index contributed by atoms with van der Waals surface area (Å²) >= 11 is 0. The Balaban J connectivity index is 2.32. The average Bonchev–Trinajstić information content (AvgIpc) is 2.65. The van der Waals surface area contributed by atoms with Crippen LogP contribution in [-0.2, 0) is 6.54 Å². The summed E-state index contributed by atoms with van der Waals surface area (Å²) in [5.41, 5.74) is 7.30. The zero-order valence-electron chi connectivity index (χ0n) is 8.99. The third-order valence-corrected chi connectivity index (χ3v) is 3.13. The molecule has 0 radical (unpaired) electrons. The topological polar surface area (TPSA) is 62.1 Å². The second-order valence-corrected chi connectivity index (χ2v) is 4.13. The molecule has 1 aromatic heterocycles. The van der Waals surface area contributed by atoms with Gasteiger partial charge in [0.25, 0.3) is 5.56 Å². The lowest BCUT2D eigenvalue weighted by atomic mass is 10.1. The van der Waals surface area contributed by atoms with E-state index < -0.39 is 0 Å². The van der Waals surface area contributed by atoms with Crippen LogP contribution in [0.2, 0.25) is 0 Å². The number of H-pyrrole nitrogens is 1. The highest BCUT2D eigenvalue weighted by Crippen LogP contribution is 2.29. The fraction of sp³-hybridized carbons (Fsp3) is 0.545. The van der Waals surface area contributed by atoms with Gasteiger partial charge in [0.15, 0.2) is 0 Å². The monoisotopic (exact) mass is 207 g/mol. The quantitative estimate of drug-likeness (QED) is 0.746. The molecule has 2 rings (SSSR count). The Morgan fingerprint density at radius 3 is 3.07 bits per heavy atom. The minimum Gasteiger partial charge on any atom is -0.329 e. The van der Waals surface area contributed by atoms with Gasteiger partial charge in [-0.15, -0.1) is 0 Å². The summed E-state index contributed by atoms with van der Waals surface area (Å²) in [6.45, 7) is 1.43. The number of aromatic nitrogens is 1. The molecule has 1 aliphatic rings. The molecule has 0 bridgehead atoms. The molecule has 15 heavy (non-hydrogen) atoms. The first-order valence-electron chi connectivity index (χ1n) is 5.34. The summed E-state index contributed by atoms with van der Waals surface area (Å²) < 4.78 is 0. The molecule has 1 atom stereocenters. The fourth-order valence-corrected chi connectivity index (χ4v) is 2.23. The third kappa shape index (κ3) is 1.96. The van der Waals surface area contributed by atoms with Gasteiger partial charge in [-0.25, -0.2) is 0 Å². The SMILES string of the molecule is CN1CCCC1c1c[nH]c(=O)c(CN)c1. The normalized spacial score (nSPS) is 22.1. The minimum absolute atomic E-state index is 0.0677. The first-order valence-corrected chi connectivity index (χ1v) is 5.34. The number of hydrogen-bond acceptors (Lipinski definition) is 3. The van der Waals surface area contributed by atoms with E-state index in [4.69, 9.17) is 5.73 Å². The van der Waals surface area contributed by atoms with Crippen LogP contribution in [0.15, 0.2) is 17.1 Å². The number of hydrogen-bond donors (Lipinski definition) is 2. The van der Waals surface area contributed by atoms with Crippen molar-refractivity contribution >= 4 is 0 Å². The van der Waals surface area contributed by atoms with E-state index in [9.17, 15) is 4.79 Å². The third-order valence-electron chi connectivity index (χ3n) is 3.13. The molecule has 4 heteroatoms. The maximum Gasteiger partial charge on any atom is 0.252 e. The smallest absolute Gasteiger partial charge is 0.252 e. The molecular formula is C11H17N3O. The van der Waals surface area contributed by atoms with E-state index in [2.05, 4.69) is 16.9 Å². The van der Waals surface area contributed by atoms with Gasteiger partial charge in [0.1, 0.15) is 0 Å². The summed E-state index contributed by atoms with van der Waals surface area (Å²) in [6.07, 6.45) is 4.19. The van der Waals surface area contributed by atoms with Crippen LogP contribution in [0.25, 0.3) is 0 Å². The molecule has 1 aromatic rings. The van der Waals surface area contributed by atoms with Gasteiger partial charge in [-0.3, -0.25) is 9.69 Å². The zero-order valence-corrected chi connectivity index (χ0v) is 8.99. The Labute approximate surface area is 89.1 Å². The average molecular weight is 207 g/mol. The Morgan fingerprint density at radius 2 is 2.47 bits per heavy atom. The Hall–Kier alpha value is -1.13. The van der Waals surface area contributed by atoms with Crippen molar-refractivity contribution in [1.29, 1.82) is 0 Å². The van der Waals surface area contributed by atoms with Gasteiger partial charge in [-0.2, -0.15) is 0 Å². The first kappa shape index (κ1) is 10.4. The van der Waals surface area contributed by atoms with Gasteiger partial charge in [0.2, 0.25) is 0 Å². The van der Waals surface area contributed by atoms with Crippen molar-refractivity contribution in [3.05, 3.63) is 33.7 Å². The molecule has 1 aliphatic heterocycles. The number of rotatable bonds is 2. The molecule has 0 aliphatic carbocycles. The molecule has 1 saturated heterocycles. The molecule has 0 amide bonds. The molecule has 1 unspecified atom stereocenters. The largest absolute Gasteiger partial charge is 0.329 e. The van der Waals surface area contributed by atoms with Crippen molar-refractivity contribution in [2.24, 2.45) is 5.73 Å². The van der Waals surface area contributed by atoms with Gasteiger partial charge >= 0.3 is 0 Å². The number of nitrogens with one attached hydrogen (secondary N) is 1. The number of aromatic amines is 1. The fourth-order valence-electron chi connectivity index (χ4n) is 2.23. The molecule has 1 fully saturated rings. The van der Waals surface area contributed by atoms with E-state index in [0.717, 1.165) is 13.0 Å². The number of nitrogens with zero attached hydrogens (tertiary/aromatic N) is 1. The van der Waals surface area contributed by atoms with E-state index in [1.165, 1.54) is 12.0 Å². The number of likely N-dealkylation sites (tertiary alicyclic amines) is 1.